The van der Waals surface area contributed by atoms with Crippen molar-refractivity contribution in [2.45, 2.75) is 26.3 Å². The lowest BCUT2D eigenvalue weighted by molar-refractivity contribution is 0.195. The molecule has 0 aliphatic heterocycles. The molecule has 0 bridgehead atoms. The Morgan fingerprint density at radius 1 is 1.30 bits per heavy atom. The summed E-state index contributed by atoms with van der Waals surface area (Å²) in [4.78, 5) is 0. The molecule has 0 amide bonds. The van der Waals surface area contributed by atoms with Crippen LogP contribution in [-0.2, 0) is 4.74 Å². The summed E-state index contributed by atoms with van der Waals surface area (Å²) in [6, 6.07) is 8.22. The summed E-state index contributed by atoms with van der Waals surface area (Å²) < 4.78 is 10.4. The second-order valence-electron chi connectivity index (χ2n) is 4.47. The molecule has 20 heavy (non-hydrogen) atoms. The fourth-order valence-electron chi connectivity index (χ4n) is 1.77. The first kappa shape index (κ1) is 16.7. The van der Waals surface area contributed by atoms with Crippen LogP contribution in [0.25, 0.3) is 0 Å². The zero-order valence-electron chi connectivity index (χ0n) is 12.4. The lowest BCUT2D eigenvalue weighted by Gasteiger charge is -2.17. The molecule has 4 nitrogen and oxygen atoms in total. The summed E-state index contributed by atoms with van der Waals surface area (Å²) in [6.07, 6.45) is 0.940. The Labute approximate surface area is 126 Å². The van der Waals surface area contributed by atoms with Crippen LogP contribution >= 0.6 is 12.2 Å². The van der Waals surface area contributed by atoms with Gasteiger partial charge in [0.15, 0.2) is 5.11 Å². The largest absolute Gasteiger partial charge is 0.494 e. The van der Waals surface area contributed by atoms with Crippen LogP contribution in [0.1, 0.15) is 31.9 Å². The van der Waals surface area contributed by atoms with Crippen molar-refractivity contribution in [2.24, 2.45) is 0 Å². The quantitative estimate of drug-likeness (QED) is 0.570. The molecule has 1 aromatic rings. The van der Waals surface area contributed by atoms with E-state index in [0.29, 0.717) is 11.7 Å². The molecule has 0 radical (unpaired) electrons. The first-order chi connectivity index (χ1) is 9.67. The summed E-state index contributed by atoms with van der Waals surface area (Å²) in [5.41, 5.74) is 1.18. The minimum atomic E-state index is 0.160. The third kappa shape index (κ3) is 6.21. The first-order valence-corrected chi connectivity index (χ1v) is 7.34. The monoisotopic (exact) mass is 296 g/mol. The molecule has 1 aromatic carbocycles. The summed E-state index contributed by atoms with van der Waals surface area (Å²) in [5.74, 6) is 0.892. The van der Waals surface area contributed by atoms with Crippen molar-refractivity contribution in [2.75, 3.05) is 26.9 Å². The van der Waals surface area contributed by atoms with Gasteiger partial charge in [-0.05, 0) is 50.2 Å². The lowest BCUT2D eigenvalue weighted by atomic mass is 10.1. The van der Waals surface area contributed by atoms with E-state index in [-0.39, 0.29) is 6.04 Å². The fraction of sp³-hybridized carbons (Fsp3) is 0.533. The SMILES string of the molecule is CCOc1ccc([C@H](C)NC(=S)NCCCOC)cc1. The predicted octanol–water partition coefficient (Wildman–Crippen LogP) is 2.65. The van der Waals surface area contributed by atoms with Gasteiger partial charge in [0.05, 0.1) is 12.6 Å². The topological polar surface area (TPSA) is 42.5 Å². The van der Waals surface area contributed by atoms with E-state index in [4.69, 9.17) is 21.7 Å². The summed E-state index contributed by atoms with van der Waals surface area (Å²) >= 11 is 5.26. The van der Waals surface area contributed by atoms with Gasteiger partial charge in [0, 0.05) is 20.3 Å². The molecule has 0 saturated heterocycles. The lowest BCUT2D eigenvalue weighted by Crippen LogP contribution is -2.37. The van der Waals surface area contributed by atoms with Gasteiger partial charge in [-0.3, -0.25) is 0 Å². The van der Waals surface area contributed by atoms with Crippen LogP contribution in [0.15, 0.2) is 24.3 Å². The van der Waals surface area contributed by atoms with E-state index < -0.39 is 0 Å². The van der Waals surface area contributed by atoms with Gasteiger partial charge in [-0.2, -0.15) is 0 Å². The van der Waals surface area contributed by atoms with Crippen LogP contribution in [0.3, 0.4) is 0 Å². The normalized spacial score (nSPS) is 11.8. The highest BCUT2D eigenvalue weighted by Crippen LogP contribution is 2.17. The maximum absolute atomic E-state index is 5.43. The molecule has 5 heteroatoms. The zero-order valence-corrected chi connectivity index (χ0v) is 13.3. The van der Waals surface area contributed by atoms with E-state index in [1.807, 2.05) is 19.1 Å². The molecule has 0 aliphatic rings. The van der Waals surface area contributed by atoms with Gasteiger partial charge >= 0.3 is 0 Å². The third-order valence-electron chi connectivity index (χ3n) is 2.85. The molecule has 0 saturated carbocycles. The van der Waals surface area contributed by atoms with Crippen LogP contribution in [-0.4, -0.2) is 32.0 Å². The van der Waals surface area contributed by atoms with Gasteiger partial charge in [0.2, 0.25) is 0 Å². The Bertz CT molecular complexity index is 395. The van der Waals surface area contributed by atoms with E-state index in [2.05, 4.69) is 29.7 Å². The van der Waals surface area contributed by atoms with Crippen molar-refractivity contribution in [3.8, 4) is 5.75 Å². The van der Waals surface area contributed by atoms with E-state index in [9.17, 15) is 0 Å². The second-order valence-corrected chi connectivity index (χ2v) is 4.88. The zero-order chi connectivity index (χ0) is 14.8. The van der Waals surface area contributed by atoms with Crippen LogP contribution < -0.4 is 15.4 Å². The number of ether oxygens (including phenoxy) is 2. The third-order valence-corrected chi connectivity index (χ3v) is 3.11. The van der Waals surface area contributed by atoms with Crippen molar-refractivity contribution in [1.29, 1.82) is 0 Å². The highest BCUT2D eigenvalue weighted by Gasteiger charge is 2.06. The number of methoxy groups -OCH3 is 1. The minimum absolute atomic E-state index is 0.160. The Kier molecular flexibility index (Phi) is 7.99. The van der Waals surface area contributed by atoms with Gasteiger partial charge in [-0.15, -0.1) is 0 Å². The number of hydrogen-bond acceptors (Lipinski definition) is 3. The van der Waals surface area contributed by atoms with Crippen LogP contribution in [0.2, 0.25) is 0 Å². The Morgan fingerprint density at radius 2 is 2.00 bits per heavy atom. The Balaban J connectivity index is 2.37. The standard InChI is InChI=1S/C15H24N2O2S/c1-4-19-14-8-6-13(7-9-14)12(2)17-15(20)16-10-5-11-18-3/h6-9,12H,4-5,10-11H2,1-3H3,(H2,16,17,20)/t12-/m0/s1. The Morgan fingerprint density at radius 3 is 2.60 bits per heavy atom. The van der Waals surface area contributed by atoms with E-state index in [1.54, 1.807) is 7.11 Å². The van der Waals surface area contributed by atoms with Crippen LogP contribution in [0.5, 0.6) is 5.75 Å². The van der Waals surface area contributed by atoms with Crippen molar-refractivity contribution >= 4 is 17.3 Å². The molecular weight excluding hydrogens is 272 g/mol. The molecule has 0 unspecified atom stereocenters. The fourth-order valence-corrected chi connectivity index (χ4v) is 2.05. The minimum Gasteiger partial charge on any atom is -0.494 e. The van der Waals surface area contributed by atoms with Crippen LogP contribution in [0.4, 0.5) is 0 Å². The maximum Gasteiger partial charge on any atom is 0.166 e. The highest BCUT2D eigenvalue weighted by atomic mass is 32.1. The maximum atomic E-state index is 5.43. The smallest absolute Gasteiger partial charge is 0.166 e. The van der Waals surface area contributed by atoms with Crippen molar-refractivity contribution in [1.82, 2.24) is 10.6 Å². The van der Waals surface area contributed by atoms with Crippen molar-refractivity contribution in [3.63, 3.8) is 0 Å². The molecule has 1 rings (SSSR count). The average molecular weight is 296 g/mol. The van der Waals surface area contributed by atoms with Crippen LogP contribution in [0, 0.1) is 0 Å². The molecule has 1 atom stereocenters. The number of rotatable bonds is 8. The van der Waals surface area contributed by atoms with Gasteiger partial charge < -0.3 is 20.1 Å². The number of hydrogen-bond donors (Lipinski definition) is 2. The molecule has 112 valence electrons. The van der Waals surface area contributed by atoms with E-state index in [0.717, 1.165) is 25.3 Å². The molecule has 0 aliphatic carbocycles. The van der Waals surface area contributed by atoms with Crippen molar-refractivity contribution in [3.05, 3.63) is 29.8 Å². The average Bonchev–Trinajstić information content (AvgIpc) is 2.45. The van der Waals surface area contributed by atoms with E-state index >= 15 is 0 Å². The summed E-state index contributed by atoms with van der Waals surface area (Å²) in [6.45, 7) is 6.30. The van der Waals surface area contributed by atoms with Gasteiger partial charge in [0.1, 0.15) is 5.75 Å². The molecule has 0 aromatic heterocycles. The summed E-state index contributed by atoms with van der Waals surface area (Å²) in [7, 11) is 1.70. The van der Waals surface area contributed by atoms with E-state index in [1.165, 1.54) is 5.56 Å². The molecule has 0 fully saturated rings. The highest BCUT2D eigenvalue weighted by molar-refractivity contribution is 7.80. The molecule has 2 N–H and O–H groups in total. The number of nitrogens with one attached hydrogen (secondary N) is 2. The molecule has 0 spiro atoms. The molecular formula is C15H24N2O2S. The summed E-state index contributed by atoms with van der Waals surface area (Å²) in [5, 5.41) is 7.10. The molecule has 0 heterocycles. The predicted molar refractivity (Wildman–Crippen MR) is 86.3 cm³/mol. The first-order valence-electron chi connectivity index (χ1n) is 6.93. The second kappa shape index (κ2) is 9.55. The number of thiocarbonyl (C=S) groups is 1. The Hall–Kier alpha value is -1.33. The number of benzene rings is 1. The van der Waals surface area contributed by atoms with Gasteiger partial charge in [-0.25, -0.2) is 0 Å². The van der Waals surface area contributed by atoms with Gasteiger partial charge in [0.25, 0.3) is 0 Å². The van der Waals surface area contributed by atoms with Gasteiger partial charge in [-0.1, -0.05) is 12.1 Å². The van der Waals surface area contributed by atoms with Crippen molar-refractivity contribution < 1.29 is 9.47 Å².